The summed E-state index contributed by atoms with van der Waals surface area (Å²) in [5, 5.41) is 3.36. The Labute approximate surface area is 107 Å². The fourth-order valence-electron chi connectivity index (χ4n) is 2.56. The van der Waals surface area contributed by atoms with Crippen LogP contribution >= 0.6 is 0 Å². The van der Waals surface area contributed by atoms with Crippen LogP contribution < -0.4 is 16.8 Å². The van der Waals surface area contributed by atoms with Crippen LogP contribution in [0.3, 0.4) is 0 Å². The van der Waals surface area contributed by atoms with Crippen molar-refractivity contribution in [2.45, 2.75) is 37.6 Å². The summed E-state index contributed by atoms with van der Waals surface area (Å²) in [5.74, 6) is 0.0888. The molecule has 0 radical (unpaired) electrons. The highest BCUT2D eigenvalue weighted by atomic mass is 16.1. The normalized spacial score (nSPS) is 18.3. The lowest BCUT2D eigenvalue weighted by Crippen LogP contribution is -2.47. The van der Waals surface area contributed by atoms with Crippen LogP contribution in [-0.2, 0) is 0 Å². The van der Waals surface area contributed by atoms with E-state index in [-0.39, 0.29) is 5.54 Å². The van der Waals surface area contributed by atoms with Gasteiger partial charge >= 0.3 is 0 Å². The first-order valence-corrected chi connectivity index (χ1v) is 6.40. The number of pyridine rings is 1. The zero-order chi connectivity index (χ0) is 13.0. The first kappa shape index (κ1) is 12.8. The molecule has 0 aromatic carbocycles. The highest BCUT2D eigenvalue weighted by Crippen LogP contribution is 2.31. The van der Waals surface area contributed by atoms with E-state index in [1.807, 2.05) is 0 Å². The third kappa shape index (κ3) is 2.61. The van der Waals surface area contributed by atoms with Crippen molar-refractivity contribution in [2.75, 3.05) is 11.9 Å². The molecule has 1 amide bonds. The number of aromatic nitrogens is 1. The van der Waals surface area contributed by atoms with Crippen molar-refractivity contribution in [2.24, 2.45) is 11.5 Å². The molecule has 1 aliphatic carbocycles. The van der Waals surface area contributed by atoms with Gasteiger partial charge in [-0.3, -0.25) is 4.79 Å². The maximum atomic E-state index is 11.4. The molecule has 1 fully saturated rings. The Hall–Kier alpha value is -1.62. The number of anilines is 1. The fraction of sp³-hybridized carbons (Fsp3) is 0.538. The van der Waals surface area contributed by atoms with E-state index in [1.165, 1.54) is 6.42 Å². The lowest BCUT2D eigenvalue weighted by molar-refractivity contribution is 0.100. The summed E-state index contributed by atoms with van der Waals surface area (Å²) < 4.78 is 0. The van der Waals surface area contributed by atoms with Gasteiger partial charge in [-0.25, -0.2) is 4.98 Å². The average Bonchev–Trinajstić information content (AvgIpc) is 2.40. The zero-order valence-corrected chi connectivity index (χ0v) is 10.5. The molecule has 1 saturated carbocycles. The van der Waals surface area contributed by atoms with E-state index in [0.29, 0.717) is 17.9 Å². The van der Waals surface area contributed by atoms with E-state index in [0.717, 1.165) is 25.7 Å². The molecule has 1 aromatic heterocycles. The summed E-state index contributed by atoms with van der Waals surface area (Å²) >= 11 is 0. The van der Waals surface area contributed by atoms with Crippen molar-refractivity contribution in [1.82, 2.24) is 4.98 Å². The van der Waals surface area contributed by atoms with Crippen molar-refractivity contribution in [3.05, 3.63) is 23.9 Å². The van der Waals surface area contributed by atoms with Gasteiger partial charge < -0.3 is 16.8 Å². The minimum Gasteiger partial charge on any atom is -0.365 e. The predicted molar refractivity (Wildman–Crippen MR) is 71.2 cm³/mol. The van der Waals surface area contributed by atoms with Crippen LogP contribution in [-0.4, -0.2) is 23.0 Å². The Bertz CT molecular complexity index is 427. The Morgan fingerprint density at radius 3 is 2.72 bits per heavy atom. The molecule has 18 heavy (non-hydrogen) atoms. The van der Waals surface area contributed by atoms with E-state index < -0.39 is 5.91 Å². The lowest BCUT2D eigenvalue weighted by Gasteiger charge is -2.37. The Morgan fingerprint density at radius 1 is 1.39 bits per heavy atom. The minimum absolute atomic E-state index is 0.142. The molecule has 0 aliphatic heterocycles. The van der Waals surface area contributed by atoms with Crippen molar-refractivity contribution in [3.8, 4) is 0 Å². The molecular formula is C13H20N4O. The Kier molecular flexibility index (Phi) is 3.81. The van der Waals surface area contributed by atoms with Gasteiger partial charge in [0, 0.05) is 12.7 Å². The zero-order valence-electron chi connectivity index (χ0n) is 10.5. The molecule has 1 aliphatic rings. The molecule has 0 saturated heterocycles. The molecule has 0 atom stereocenters. The lowest BCUT2D eigenvalue weighted by atomic mass is 9.81. The first-order chi connectivity index (χ1) is 8.67. The van der Waals surface area contributed by atoms with Crippen LogP contribution in [0, 0.1) is 0 Å². The van der Waals surface area contributed by atoms with Crippen LogP contribution in [0.1, 0.15) is 42.5 Å². The SMILES string of the molecule is NCC1(Nc2ncccc2C(N)=O)CCCCC1. The van der Waals surface area contributed by atoms with E-state index >= 15 is 0 Å². The summed E-state index contributed by atoms with van der Waals surface area (Å²) in [5.41, 5.74) is 11.5. The summed E-state index contributed by atoms with van der Waals surface area (Å²) in [6, 6.07) is 3.39. The van der Waals surface area contributed by atoms with Crippen LogP contribution in [0.25, 0.3) is 0 Å². The summed E-state index contributed by atoms with van der Waals surface area (Å²) in [6.07, 6.45) is 7.23. The minimum atomic E-state index is -0.464. The van der Waals surface area contributed by atoms with Crippen LogP contribution in [0.5, 0.6) is 0 Å². The molecule has 1 heterocycles. The van der Waals surface area contributed by atoms with Crippen molar-refractivity contribution >= 4 is 11.7 Å². The van der Waals surface area contributed by atoms with Gasteiger partial charge in [0.25, 0.3) is 5.91 Å². The van der Waals surface area contributed by atoms with Crippen molar-refractivity contribution < 1.29 is 4.79 Å². The number of amides is 1. The number of carbonyl (C=O) groups is 1. The van der Waals surface area contributed by atoms with Crippen LogP contribution in [0.15, 0.2) is 18.3 Å². The number of primary amides is 1. The fourth-order valence-corrected chi connectivity index (χ4v) is 2.56. The van der Waals surface area contributed by atoms with Crippen LogP contribution in [0.2, 0.25) is 0 Å². The maximum absolute atomic E-state index is 11.4. The van der Waals surface area contributed by atoms with E-state index in [4.69, 9.17) is 11.5 Å². The average molecular weight is 248 g/mol. The third-order valence-electron chi connectivity index (χ3n) is 3.66. The van der Waals surface area contributed by atoms with Gasteiger partial charge in [0.2, 0.25) is 0 Å². The highest BCUT2D eigenvalue weighted by molar-refractivity contribution is 5.97. The summed E-state index contributed by atoms with van der Waals surface area (Å²) in [7, 11) is 0. The highest BCUT2D eigenvalue weighted by Gasteiger charge is 2.31. The van der Waals surface area contributed by atoms with Gasteiger partial charge in [-0.05, 0) is 25.0 Å². The second kappa shape index (κ2) is 5.35. The Balaban J connectivity index is 2.24. The topological polar surface area (TPSA) is 94.0 Å². The molecule has 1 aromatic rings. The molecule has 5 N–H and O–H groups in total. The van der Waals surface area contributed by atoms with Gasteiger partial charge in [-0.15, -0.1) is 0 Å². The number of nitrogens with zero attached hydrogens (tertiary/aromatic N) is 1. The monoisotopic (exact) mass is 248 g/mol. The first-order valence-electron chi connectivity index (χ1n) is 6.40. The number of carbonyl (C=O) groups excluding carboxylic acids is 1. The van der Waals surface area contributed by atoms with Gasteiger partial charge in [-0.1, -0.05) is 19.3 Å². The quantitative estimate of drug-likeness (QED) is 0.747. The van der Waals surface area contributed by atoms with Crippen molar-refractivity contribution in [3.63, 3.8) is 0 Å². The maximum Gasteiger partial charge on any atom is 0.252 e. The van der Waals surface area contributed by atoms with E-state index in [1.54, 1.807) is 18.3 Å². The molecule has 98 valence electrons. The molecular weight excluding hydrogens is 228 g/mol. The second-order valence-corrected chi connectivity index (χ2v) is 4.93. The van der Waals surface area contributed by atoms with Gasteiger partial charge in [0.1, 0.15) is 5.82 Å². The van der Waals surface area contributed by atoms with E-state index in [2.05, 4.69) is 10.3 Å². The predicted octanol–water partition coefficient (Wildman–Crippen LogP) is 1.25. The summed E-state index contributed by atoms with van der Waals surface area (Å²) in [4.78, 5) is 15.6. The number of hydrogen-bond donors (Lipinski definition) is 3. The second-order valence-electron chi connectivity index (χ2n) is 4.93. The molecule has 5 nitrogen and oxygen atoms in total. The van der Waals surface area contributed by atoms with E-state index in [9.17, 15) is 4.79 Å². The molecule has 2 rings (SSSR count). The largest absolute Gasteiger partial charge is 0.365 e. The standard InChI is InChI=1S/C13H20N4O/c14-9-13(6-2-1-3-7-13)17-12-10(11(15)18)5-4-8-16-12/h4-5,8H,1-3,6-7,9,14H2,(H2,15,18)(H,16,17). The molecule has 0 unspecified atom stereocenters. The van der Waals surface area contributed by atoms with Gasteiger partial charge in [-0.2, -0.15) is 0 Å². The Morgan fingerprint density at radius 2 is 2.11 bits per heavy atom. The molecule has 5 heteroatoms. The number of nitrogens with one attached hydrogen (secondary N) is 1. The smallest absolute Gasteiger partial charge is 0.252 e. The third-order valence-corrected chi connectivity index (χ3v) is 3.66. The number of rotatable bonds is 4. The molecule has 0 bridgehead atoms. The van der Waals surface area contributed by atoms with Crippen molar-refractivity contribution in [1.29, 1.82) is 0 Å². The van der Waals surface area contributed by atoms with Gasteiger partial charge in [0.15, 0.2) is 0 Å². The number of nitrogens with two attached hydrogens (primary N) is 2. The van der Waals surface area contributed by atoms with Crippen LogP contribution in [0.4, 0.5) is 5.82 Å². The number of hydrogen-bond acceptors (Lipinski definition) is 4. The molecule has 0 spiro atoms. The van der Waals surface area contributed by atoms with Gasteiger partial charge in [0.05, 0.1) is 11.1 Å². The summed E-state index contributed by atoms with van der Waals surface area (Å²) in [6.45, 7) is 0.543.